The number of nitrogens with zero attached hydrogens (tertiary/aromatic N) is 1. The van der Waals surface area contributed by atoms with Gasteiger partial charge in [-0.25, -0.2) is 4.79 Å². The number of hydrogen-bond donors (Lipinski definition) is 3. The number of nitrogen functional groups attached to an aromatic ring is 1. The molecule has 0 aliphatic carbocycles. The predicted molar refractivity (Wildman–Crippen MR) is 75.7 cm³/mol. The number of nitrogens with two attached hydrogens (primary N) is 1. The minimum absolute atomic E-state index is 0.213. The summed E-state index contributed by atoms with van der Waals surface area (Å²) >= 11 is 0. The van der Waals surface area contributed by atoms with Crippen molar-refractivity contribution in [3.8, 4) is 0 Å². The van der Waals surface area contributed by atoms with Gasteiger partial charge < -0.3 is 25.8 Å². The van der Waals surface area contributed by atoms with Gasteiger partial charge in [-0.3, -0.25) is 0 Å². The van der Waals surface area contributed by atoms with Gasteiger partial charge in [-0.05, 0) is 32.3 Å². The first kappa shape index (κ1) is 15.3. The van der Waals surface area contributed by atoms with Crippen LogP contribution >= 0.6 is 0 Å². The Balaban J connectivity index is 2.36. The third kappa shape index (κ3) is 5.58. The molecule has 4 N–H and O–H groups in total. The van der Waals surface area contributed by atoms with E-state index in [1.807, 2.05) is 19.0 Å². The van der Waals surface area contributed by atoms with Crippen LogP contribution in [0, 0.1) is 0 Å². The van der Waals surface area contributed by atoms with Crippen molar-refractivity contribution in [1.82, 2.24) is 4.90 Å². The SMILES string of the molecule is CN(C)CCOCCNc1cc(C(=O)O)ccc1N. The molecule has 0 spiro atoms. The third-order valence-corrected chi connectivity index (χ3v) is 2.54. The van der Waals surface area contributed by atoms with Gasteiger partial charge in [0.2, 0.25) is 0 Å². The van der Waals surface area contributed by atoms with Crippen molar-refractivity contribution >= 4 is 17.3 Å². The van der Waals surface area contributed by atoms with Crippen LogP contribution in [0.4, 0.5) is 11.4 Å². The Morgan fingerprint density at radius 1 is 1.42 bits per heavy atom. The third-order valence-electron chi connectivity index (χ3n) is 2.54. The Morgan fingerprint density at radius 3 is 2.79 bits per heavy atom. The molecule has 0 heterocycles. The molecule has 0 bridgehead atoms. The summed E-state index contributed by atoms with van der Waals surface area (Å²) in [5, 5.41) is 12.0. The molecule has 1 aromatic rings. The van der Waals surface area contributed by atoms with Crippen LogP contribution in [0.5, 0.6) is 0 Å². The van der Waals surface area contributed by atoms with Gasteiger partial charge in [0, 0.05) is 13.1 Å². The quantitative estimate of drug-likeness (QED) is 0.480. The molecule has 0 fully saturated rings. The lowest BCUT2D eigenvalue weighted by Gasteiger charge is -2.12. The average Bonchev–Trinajstić information content (AvgIpc) is 2.34. The number of nitrogens with one attached hydrogen (secondary N) is 1. The summed E-state index contributed by atoms with van der Waals surface area (Å²) in [5.41, 5.74) is 7.13. The minimum Gasteiger partial charge on any atom is -0.478 e. The number of carboxylic acids is 1. The van der Waals surface area contributed by atoms with Gasteiger partial charge in [0.05, 0.1) is 30.2 Å². The average molecular weight is 267 g/mol. The molecule has 6 heteroatoms. The molecule has 1 rings (SSSR count). The van der Waals surface area contributed by atoms with Crippen LogP contribution in [0.25, 0.3) is 0 Å². The summed E-state index contributed by atoms with van der Waals surface area (Å²) in [4.78, 5) is 12.9. The second-order valence-electron chi connectivity index (χ2n) is 4.45. The Hall–Kier alpha value is -1.79. The van der Waals surface area contributed by atoms with E-state index in [1.54, 1.807) is 6.07 Å². The molecule has 0 unspecified atom stereocenters. The molecule has 0 saturated heterocycles. The van der Waals surface area contributed by atoms with Gasteiger partial charge in [0.25, 0.3) is 0 Å². The molecule has 0 aromatic heterocycles. The molecule has 0 aliphatic heterocycles. The number of anilines is 2. The zero-order chi connectivity index (χ0) is 14.3. The van der Waals surface area contributed by atoms with Gasteiger partial charge in [-0.1, -0.05) is 0 Å². The molecule has 0 saturated carbocycles. The van der Waals surface area contributed by atoms with E-state index in [9.17, 15) is 4.79 Å². The van der Waals surface area contributed by atoms with Crippen molar-refractivity contribution in [1.29, 1.82) is 0 Å². The van der Waals surface area contributed by atoms with E-state index in [-0.39, 0.29) is 5.56 Å². The molecule has 0 amide bonds. The fourth-order valence-electron chi connectivity index (χ4n) is 1.45. The van der Waals surface area contributed by atoms with Crippen molar-refractivity contribution in [3.63, 3.8) is 0 Å². The Labute approximate surface area is 113 Å². The Morgan fingerprint density at radius 2 is 2.16 bits per heavy atom. The van der Waals surface area contributed by atoms with Crippen LogP contribution in [-0.4, -0.2) is 56.4 Å². The molecule has 6 nitrogen and oxygen atoms in total. The van der Waals surface area contributed by atoms with Crippen molar-refractivity contribution in [2.45, 2.75) is 0 Å². The summed E-state index contributed by atoms with van der Waals surface area (Å²) in [6.45, 7) is 2.67. The predicted octanol–water partition coefficient (Wildman–Crippen LogP) is 0.957. The van der Waals surface area contributed by atoms with E-state index in [2.05, 4.69) is 5.32 Å². The highest BCUT2D eigenvalue weighted by Crippen LogP contribution is 2.19. The molecule has 0 radical (unpaired) electrons. The first-order valence-electron chi connectivity index (χ1n) is 6.10. The molecule has 106 valence electrons. The zero-order valence-electron chi connectivity index (χ0n) is 11.3. The van der Waals surface area contributed by atoms with Crippen LogP contribution in [0.3, 0.4) is 0 Å². The van der Waals surface area contributed by atoms with Gasteiger partial charge in [0.15, 0.2) is 0 Å². The molecular weight excluding hydrogens is 246 g/mol. The molecule has 0 aliphatic rings. The summed E-state index contributed by atoms with van der Waals surface area (Å²) in [6, 6.07) is 4.59. The lowest BCUT2D eigenvalue weighted by Crippen LogP contribution is -2.20. The van der Waals surface area contributed by atoms with Gasteiger partial charge >= 0.3 is 5.97 Å². The maximum atomic E-state index is 10.8. The Kier molecular flexibility index (Phi) is 6.11. The maximum Gasteiger partial charge on any atom is 0.335 e. The minimum atomic E-state index is -0.967. The fourth-order valence-corrected chi connectivity index (χ4v) is 1.45. The lowest BCUT2D eigenvalue weighted by molar-refractivity contribution is 0.0697. The summed E-state index contributed by atoms with van der Waals surface area (Å²) < 4.78 is 5.42. The summed E-state index contributed by atoms with van der Waals surface area (Å²) in [6.07, 6.45) is 0. The molecular formula is C13H21N3O3. The van der Waals surface area contributed by atoms with Gasteiger partial charge in [0.1, 0.15) is 0 Å². The summed E-state index contributed by atoms with van der Waals surface area (Å²) in [7, 11) is 3.97. The highest BCUT2D eigenvalue weighted by Gasteiger charge is 2.06. The normalized spacial score (nSPS) is 10.7. The zero-order valence-corrected chi connectivity index (χ0v) is 11.3. The van der Waals surface area contributed by atoms with Crippen LogP contribution in [0.15, 0.2) is 18.2 Å². The number of ether oxygens (including phenoxy) is 1. The number of aromatic carboxylic acids is 1. The number of carbonyl (C=O) groups is 1. The topological polar surface area (TPSA) is 87.8 Å². The van der Waals surface area contributed by atoms with Crippen molar-refractivity contribution in [2.24, 2.45) is 0 Å². The van der Waals surface area contributed by atoms with Crippen LogP contribution < -0.4 is 11.1 Å². The number of benzene rings is 1. The lowest BCUT2D eigenvalue weighted by atomic mass is 10.2. The van der Waals surface area contributed by atoms with E-state index in [4.69, 9.17) is 15.6 Å². The standard InChI is InChI=1S/C13H21N3O3/c1-16(2)6-8-19-7-5-15-12-9-10(13(17)18)3-4-11(12)14/h3-4,9,15H,5-8,14H2,1-2H3,(H,17,18). The smallest absolute Gasteiger partial charge is 0.335 e. The first-order valence-corrected chi connectivity index (χ1v) is 6.10. The Bertz CT molecular complexity index is 422. The number of carboxylic acid groups (broad SMARTS) is 1. The van der Waals surface area contributed by atoms with Gasteiger partial charge in [-0.15, -0.1) is 0 Å². The maximum absolute atomic E-state index is 10.8. The van der Waals surface area contributed by atoms with Crippen molar-refractivity contribution in [2.75, 3.05) is 51.4 Å². The second-order valence-corrected chi connectivity index (χ2v) is 4.45. The van der Waals surface area contributed by atoms with Crippen LogP contribution in [-0.2, 0) is 4.74 Å². The van der Waals surface area contributed by atoms with Crippen LogP contribution in [0.2, 0.25) is 0 Å². The van der Waals surface area contributed by atoms with E-state index in [0.29, 0.717) is 31.1 Å². The van der Waals surface area contributed by atoms with Gasteiger partial charge in [-0.2, -0.15) is 0 Å². The van der Waals surface area contributed by atoms with Crippen molar-refractivity contribution in [3.05, 3.63) is 23.8 Å². The molecule has 1 aromatic carbocycles. The van der Waals surface area contributed by atoms with E-state index >= 15 is 0 Å². The number of rotatable bonds is 8. The first-order chi connectivity index (χ1) is 9.00. The highest BCUT2D eigenvalue weighted by atomic mass is 16.5. The van der Waals surface area contributed by atoms with E-state index < -0.39 is 5.97 Å². The fraction of sp³-hybridized carbons (Fsp3) is 0.462. The monoisotopic (exact) mass is 267 g/mol. The highest BCUT2D eigenvalue weighted by molar-refractivity contribution is 5.90. The van der Waals surface area contributed by atoms with E-state index in [1.165, 1.54) is 12.1 Å². The largest absolute Gasteiger partial charge is 0.478 e. The number of hydrogen-bond acceptors (Lipinski definition) is 5. The van der Waals surface area contributed by atoms with Crippen molar-refractivity contribution < 1.29 is 14.6 Å². The van der Waals surface area contributed by atoms with E-state index in [0.717, 1.165) is 6.54 Å². The number of likely N-dealkylation sites (N-methyl/N-ethyl adjacent to an activating group) is 1. The summed E-state index contributed by atoms with van der Waals surface area (Å²) in [5.74, 6) is -0.967. The molecule has 19 heavy (non-hydrogen) atoms. The molecule has 0 atom stereocenters. The second kappa shape index (κ2) is 7.60. The van der Waals surface area contributed by atoms with Crippen LogP contribution in [0.1, 0.15) is 10.4 Å².